The first-order valence-electron chi connectivity index (χ1n) is 5.04. The van der Waals surface area contributed by atoms with Gasteiger partial charge < -0.3 is 0 Å². The number of hydrogen-bond acceptors (Lipinski definition) is 6. The van der Waals surface area contributed by atoms with Crippen molar-refractivity contribution in [2.45, 2.75) is 11.1 Å². The number of sulfonamides is 1. The molecule has 3 N–H and O–H groups in total. The van der Waals surface area contributed by atoms with Crippen LogP contribution in [0.5, 0.6) is 0 Å². The highest BCUT2D eigenvalue weighted by molar-refractivity contribution is 9.10. The molecule has 96 valence electrons. The van der Waals surface area contributed by atoms with E-state index in [-0.39, 0.29) is 4.90 Å². The van der Waals surface area contributed by atoms with Gasteiger partial charge in [0.25, 0.3) is 0 Å². The van der Waals surface area contributed by atoms with Gasteiger partial charge in [0.1, 0.15) is 11.1 Å². The predicted molar refractivity (Wildman–Crippen MR) is 66.3 cm³/mol. The van der Waals surface area contributed by atoms with Crippen LogP contribution in [0.2, 0.25) is 0 Å². The third-order valence-electron chi connectivity index (χ3n) is 2.42. The van der Waals surface area contributed by atoms with E-state index in [0.29, 0.717) is 11.0 Å². The zero-order valence-corrected chi connectivity index (χ0v) is 11.5. The summed E-state index contributed by atoms with van der Waals surface area (Å²) >= 11 is 3.16. The van der Waals surface area contributed by atoms with E-state index in [1.807, 2.05) is 6.07 Å². The first-order chi connectivity index (χ1) is 8.53. The van der Waals surface area contributed by atoms with Gasteiger partial charge in [-0.15, -0.1) is 0 Å². The van der Waals surface area contributed by atoms with E-state index in [4.69, 9.17) is 5.26 Å². The Morgan fingerprint density at radius 1 is 1.56 bits per heavy atom. The highest BCUT2D eigenvalue weighted by Crippen LogP contribution is 2.15. The minimum Gasteiger partial charge on any atom is -0.262 e. The van der Waals surface area contributed by atoms with E-state index in [2.05, 4.69) is 36.5 Å². The Morgan fingerprint density at radius 2 is 2.33 bits per heavy atom. The Hall–Kier alpha value is -1.05. The smallest absolute Gasteiger partial charge is 0.243 e. The molecule has 9 heteroatoms. The number of halogens is 1. The monoisotopic (exact) mass is 331 g/mol. The molecule has 0 spiro atoms. The van der Waals surface area contributed by atoms with Gasteiger partial charge in [-0.05, 0) is 22.0 Å². The molecule has 0 radical (unpaired) electrons. The van der Waals surface area contributed by atoms with Crippen molar-refractivity contribution in [1.82, 2.24) is 20.6 Å². The standard InChI is InChI=1S/C9H10BrN5O2S/c10-7-1-8(5-12-4-7)18(16,17)15-9-6(2-11)3-13-14-9/h1,4-6,9,13-15H,3H2. The molecule has 2 heterocycles. The molecule has 0 saturated carbocycles. The second-order valence-electron chi connectivity index (χ2n) is 3.70. The maximum atomic E-state index is 12.1. The minimum atomic E-state index is -3.71. The Labute approximate surface area is 113 Å². The lowest BCUT2D eigenvalue weighted by molar-refractivity contribution is 0.477. The first kappa shape index (κ1) is 13.4. The summed E-state index contributed by atoms with van der Waals surface area (Å²) in [6.07, 6.45) is 2.09. The minimum absolute atomic E-state index is 0.0438. The van der Waals surface area contributed by atoms with Gasteiger partial charge in [0.15, 0.2) is 0 Å². The predicted octanol–water partition coefficient (Wildman–Crippen LogP) is -0.304. The lowest BCUT2D eigenvalue weighted by atomic mass is 10.1. The van der Waals surface area contributed by atoms with Gasteiger partial charge in [-0.1, -0.05) is 0 Å². The zero-order chi connectivity index (χ0) is 13.2. The lowest BCUT2D eigenvalue weighted by Gasteiger charge is -2.15. The Morgan fingerprint density at radius 3 is 3.00 bits per heavy atom. The fourth-order valence-electron chi connectivity index (χ4n) is 1.50. The molecule has 0 aromatic carbocycles. The molecule has 2 rings (SSSR count). The number of nitrogens with zero attached hydrogens (tertiary/aromatic N) is 2. The number of nitrogens with one attached hydrogen (secondary N) is 3. The van der Waals surface area contributed by atoms with Crippen molar-refractivity contribution < 1.29 is 8.42 Å². The SMILES string of the molecule is N#CC1CNNC1NS(=O)(=O)c1cncc(Br)c1. The summed E-state index contributed by atoms with van der Waals surface area (Å²) in [6.45, 7) is 0.389. The first-order valence-corrected chi connectivity index (χ1v) is 7.31. The number of pyridine rings is 1. The van der Waals surface area contributed by atoms with E-state index < -0.39 is 22.1 Å². The molecule has 1 aromatic heterocycles. The highest BCUT2D eigenvalue weighted by Gasteiger charge is 2.31. The Kier molecular flexibility index (Phi) is 3.94. The summed E-state index contributed by atoms with van der Waals surface area (Å²) in [5, 5.41) is 8.86. The average molecular weight is 332 g/mol. The normalized spacial score (nSPS) is 23.8. The highest BCUT2D eigenvalue weighted by atomic mass is 79.9. The van der Waals surface area contributed by atoms with Crippen molar-refractivity contribution in [2.75, 3.05) is 6.54 Å². The molecule has 1 fully saturated rings. The van der Waals surface area contributed by atoms with E-state index >= 15 is 0 Å². The molecule has 2 unspecified atom stereocenters. The molecule has 2 atom stereocenters. The third-order valence-corrected chi connectivity index (χ3v) is 4.26. The summed E-state index contributed by atoms with van der Waals surface area (Å²) in [7, 11) is -3.71. The van der Waals surface area contributed by atoms with Gasteiger partial charge in [-0.25, -0.2) is 13.8 Å². The molecule has 1 aromatic rings. The van der Waals surface area contributed by atoms with E-state index in [1.165, 1.54) is 18.5 Å². The Bertz CT molecular complexity index is 585. The molecule has 1 aliphatic rings. The van der Waals surface area contributed by atoms with Crippen LogP contribution in [-0.2, 0) is 10.0 Å². The Balaban J connectivity index is 2.20. The summed E-state index contributed by atoms with van der Waals surface area (Å²) < 4.78 is 27.1. The molecule has 1 saturated heterocycles. The molecule has 7 nitrogen and oxygen atoms in total. The molecule has 0 bridgehead atoms. The summed E-state index contributed by atoms with van der Waals surface area (Å²) in [5.41, 5.74) is 5.44. The van der Waals surface area contributed by atoms with Crippen LogP contribution in [0, 0.1) is 17.2 Å². The maximum Gasteiger partial charge on any atom is 0.243 e. The molecular weight excluding hydrogens is 322 g/mol. The zero-order valence-electron chi connectivity index (χ0n) is 9.09. The van der Waals surface area contributed by atoms with Crippen LogP contribution < -0.4 is 15.6 Å². The van der Waals surface area contributed by atoms with Crippen molar-refractivity contribution in [2.24, 2.45) is 5.92 Å². The molecule has 1 aliphatic heterocycles. The third kappa shape index (κ3) is 2.85. The van der Waals surface area contributed by atoms with Crippen LogP contribution in [0.25, 0.3) is 0 Å². The maximum absolute atomic E-state index is 12.1. The molecular formula is C9H10BrN5O2S. The van der Waals surface area contributed by atoms with Gasteiger partial charge in [0.2, 0.25) is 10.0 Å². The van der Waals surface area contributed by atoms with E-state index in [9.17, 15) is 8.42 Å². The van der Waals surface area contributed by atoms with Crippen LogP contribution in [0.3, 0.4) is 0 Å². The number of hydrogen-bond donors (Lipinski definition) is 3. The number of nitriles is 1. The van der Waals surface area contributed by atoms with Crippen LogP contribution in [0.4, 0.5) is 0 Å². The van der Waals surface area contributed by atoms with Crippen LogP contribution in [0.1, 0.15) is 0 Å². The fourth-order valence-corrected chi connectivity index (χ4v) is 3.20. The second kappa shape index (κ2) is 5.29. The van der Waals surface area contributed by atoms with Crippen molar-refractivity contribution in [3.8, 4) is 6.07 Å². The number of aromatic nitrogens is 1. The summed E-state index contributed by atoms with van der Waals surface area (Å²) in [6, 6.07) is 3.47. The van der Waals surface area contributed by atoms with Gasteiger partial charge in [0.05, 0.1) is 12.0 Å². The van der Waals surface area contributed by atoms with Gasteiger partial charge in [-0.3, -0.25) is 10.4 Å². The molecule has 18 heavy (non-hydrogen) atoms. The van der Waals surface area contributed by atoms with Gasteiger partial charge in [0, 0.05) is 23.4 Å². The molecule has 0 aliphatic carbocycles. The summed E-state index contributed by atoms with van der Waals surface area (Å²) in [5.74, 6) is -0.458. The topological polar surface area (TPSA) is 107 Å². The quantitative estimate of drug-likeness (QED) is 0.701. The van der Waals surface area contributed by atoms with Crippen molar-refractivity contribution in [1.29, 1.82) is 5.26 Å². The second-order valence-corrected chi connectivity index (χ2v) is 6.33. The largest absolute Gasteiger partial charge is 0.262 e. The van der Waals surface area contributed by atoms with Crippen LogP contribution in [0.15, 0.2) is 27.8 Å². The lowest BCUT2D eigenvalue weighted by Crippen LogP contribution is -2.46. The van der Waals surface area contributed by atoms with E-state index in [0.717, 1.165) is 0 Å². The van der Waals surface area contributed by atoms with Crippen molar-refractivity contribution in [3.05, 3.63) is 22.9 Å². The summed E-state index contributed by atoms with van der Waals surface area (Å²) in [4.78, 5) is 3.84. The van der Waals surface area contributed by atoms with Crippen LogP contribution >= 0.6 is 15.9 Å². The fraction of sp³-hybridized carbons (Fsp3) is 0.333. The number of hydrazine groups is 1. The molecule has 0 amide bonds. The van der Waals surface area contributed by atoms with Crippen molar-refractivity contribution >= 4 is 26.0 Å². The van der Waals surface area contributed by atoms with Crippen LogP contribution in [-0.4, -0.2) is 26.1 Å². The van der Waals surface area contributed by atoms with Crippen molar-refractivity contribution in [3.63, 3.8) is 0 Å². The average Bonchev–Trinajstić information content (AvgIpc) is 2.75. The van der Waals surface area contributed by atoms with Gasteiger partial charge >= 0.3 is 0 Å². The van der Waals surface area contributed by atoms with E-state index in [1.54, 1.807) is 0 Å². The number of rotatable bonds is 3. The van der Waals surface area contributed by atoms with Gasteiger partial charge in [-0.2, -0.15) is 9.98 Å².